The third kappa shape index (κ3) is 4.83. The fourth-order valence-corrected chi connectivity index (χ4v) is 3.31. The maximum atomic E-state index is 12.8. The molecular weight excluding hydrogens is 351 g/mol. The maximum absolute atomic E-state index is 12.8. The number of ether oxygens (including phenoxy) is 2. The molecule has 0 aliphatic rings. The Morgan fingerprint density at radius 2 is 1.50 bits per heavy atom. The van der Waals surface area contributed by atoms with Crippen LogP contribution in [0.5, 0.6) is 5.75 Å². The molecule has 5 nitrogen and oxygen atoms in total. The van der Waals surface area contributed by atoms with E-state index in [4.69, 9.17) is 9.47 Å². The highest BCUT2D eigenvalue weighted by Crippen LogP contribution is 2.34. The van der Waals surface area contributed by atoms with Crippen molar-refractivity contribution in [3.8, 4) is 5.75 Å². The molecule has 0 aromatic heterocycles. The lowest BCUT2D eigenvalue weighted by molar-refractivity contribution is 0.0600. The zero-order chi connectivity index (χ0) is 19.5. The number of rotatable bonds is 6. The number of esters is 1. The molecule has 0 spiro atoms. The Morgan fingerprint density at radius 3 is 2.00 bits per heavy atom. The Hall–Kier alpha value is -2.39. The summed E-state index contributed by atoms with van der Waals surface area (Å²) < 4.78 is 22.5. The number of carbonyl (C=O) groups excluding carboxylic acids is 2. The van der Waals surface area contributed by atoms with Gasteiger partial charge in [-0.25, -0.2) is 4.79 Å². The zero-order valence-corrected chi connectivity index (χ0v) is 16.5. The highest BCUT2D eigenvalue weighted by atomic mass is 31.2. The fraction of sp³-hybridized carbons (Fsp3) is 0.300. The number of methoxy groups -OCH3 is 1. The molecule has 26 heavy (non-hydrogen) atoms. The molecule has 0 radical (unpaired) electrons. The summed E-state index contributed by atoms with van der Waals surface area (Å²) in [6.07, 6.45) is -0.103. The highest BCUT2D eigenvalue weighted by Gasteiger charge is 2.17. The summed E-state index contributed by atoms with van der Waals surface area (Å²) in [5.74, 6) is -0.367. The summed E-state index contributed by atoms with van der Waals surface area (Å²) in [6.45, 7) is 7.08. The van der Waals surface area contributed by atoms with Gasteiger partial charge in [-0.1, -0.05) is 24.3 Å². The summed E-state index contributed by atoms with van der Waals surface area (Å²) in [7, 11) is -1.10. The first-order valence-corrected chi connectivity index (χ1v) is 10.8. The Kier molecular flexibility index (Phi) is 6.04. The maximum Gasteiger partial charge on any atom is 0.338 e. The first kappa shape index (κ1) is 19.9. The van der Waals surface area contributed by atoms with E-state index in [0.29, 0.717) is 22.2 Å². The van der Waals surface area contributed by atoms with Crippen molar-refractivity contribution >= 4 is 24.2 Å². The number of benzene rings is 2. The molecule has 0 N–H and O–H groups in total. The molecule has 2 aromatic carbocycles. The molecular formula is C20H23O5P. The Labute approximate surface area is 153 Å². The molecule has 2 rings (SSSR count). The van der Waals surface area contributed by atoms with Crippen molar-refractivity contribution in [1.29, 1.82) is 0 Å². The van der Waals surface area contributed by atoms with E-state index in [1.165, 1.54) is 13.2 Å². The van der Waals surface area contributed by atoms with Crippen molar-refractivity contribution in [3.63, 3.8) is 0 Å². The van der Waals surface area contributed by atoms with Gasteiger partial charge in [0.05, 0.1) is 18.8 Å². The van der Waals surface area contributed by atoms with E-state index in [-0.39, 0.29) is 17.5 Å². The Balaban J connectivity index is 2.43. The van der Waals surface area contributed by atoms with Gasteiger partial charge in [0.15, 0.2) is 5.78 Å². The van der Waals surface area contributed by atoms with E-state index >= 15 is 0 Å². The number of hydrogen-bond acceptors (Lipinski definition) is 5. The van der Waals surface area contributed by atoms with Gasteiger partial charge in [0.2, 0.25) is 0 Å². The van der Waals surface area contributed by atoms with Crippen LogP contribution in [0.4, 0.5) is 0 Å². The topological polar surface area (TPSA) is 69.7 Å². The van der Waals surface area contributed by atoms with Crippen molar-refractivity contribution in [3.05, 3.63) is 59.2 Å². The summed E-state index contributed by atoms with van der Waals surface area (Å²) in [5.41, 5.74) is 1.02. The minimum absolute atomic E-state index is 0.103. The van der Waals surface area contributed by atoms with E-state index in [1.807, 2.05) is 13.8 Å². The fourth-order valence-electron chi connectivity index (χ4n) is 2.44. The van der Waals surface area contributed by atoms with E-state index < -0.39 is 13.1 Å². The second-order valence-electron chi connectivity index (χ2n) is 6.63. The predicted molar refractivity (Wildman–Crippen MR) is 103 cm³/mol. The molecule has 0 unspecified atom stereocenters. The third-order valence-electron chi connectivity index (χ3n) is 3.71. The first-order chi connectivity index (χ1) is 12.1. The van der Waals surface area contributed by atoms with E-state index in [0.717, 1.165) is 0 Å². The van der Waals surface area contributed by atoms with Gasteiger partial charge in [-0.3, -0.25) is 4.79 Å². The summed E-state index contributed by atoms with van der Waals surface area (Å²) in [6, 6.07) is 11.3. The monoisotopic (exact) mass is 374 g/mol. The van der Waals surface area contributed by atoms with Crippen LogP contribution in [0.25, 0.3) is 0 Å². The van der Waals surface area contributed by atoms with Gasteiger partial charge in [0.1, 0.15) is 12.9 Å². The van der Waals surface area contributed by atoms with E-state index in [1.54, 1.807) is 49.7 Å². The second kappa shape index (κ2) is 7.88. The third-order valence-corrected chi connectivity index (χ3v) is 5.25. The number of carbonyl (C=O) groups is 2. The lowest BCUT2D eigenvalue weighted by atomic mass is 10.0. The standard InChI is InChI=1S/C20H23O5P/c1-13(2)25-17-11-15(10-16(12-17)20(22)24-3)19(21)14-6-8-18(9-7-14)26(4,5)23/h6-13H,1-5H3. The lowest BCUT2D eigenvalue weighted by Gasteiger charge is -2.13. The SMILES string of the molecule is COC(=O)c1cc(OC(C)C)cc(C(=O)c2ccc(P(C)(C)=O)cc2)c1. The minimum atomic E-state index is -2.38. The molecule has 0 saturated carbocycles. The smallest absolute Gasteiger partial charge is 0.338 e. The van der Waals surface area contributed by atoms with Crippen molar-refractivity contribution in [1.82, 2.24) is 0 Å². The largest absolute Gasteiger partial charge is 0.491 e. The molecule has 138 valence electrons. The molecule has 0 atom stereocenters. The lowest BCUT2D eigenvalue weighted by Crippen LogP contribution is -2.11. The van der Waals surface area contributed by atoms with Gasteiger partial charge >= 0.3 is 5.97 Å². The molecule has 0 aliphatic carbocycles. The average molecular weight is 374 g/mol. The quantitative estimate of drug-likeness (QED) is 0.438. The molecule has 6 heteroatoms. The zero-order valence-electron chi connectivity index (χ0n) is 15.6. The summed E-state index contributed by atoms with van der Waals surface area (Å²) >= 11 is 0. The van der Waals surface area contributed by atoms with Gasteiger partial charge in [-0.05, 0) is 45.4 Å². The molecule has 0 fully saturated rings. The van der Waals surface area contributed by atoms with Crippen LogP contribution in [0.3, 0.4) is 0 Å². The summed E-state index contributed by atoms with van der Waals surface area (Å²) in [5, 5.41) is 0.709. The number of hydrogen-bond donors (Lipinski definition) is 0. The van der Waals surface area contributed by atoms with Crippen LogP contribution in [0.1, 0.15) is 40.1 Å². The molecule has 0 heterocycles. The van der Waals surface area contributed by atoms with Crippen LogP contribution < -0.4 is 10.0 Å². The first-order valence-electron chi connectivity index (χ1n) is 8.22. The van der Waals surface area contributed by atoms with Gasteiger partial charge in [-0.15, -0.1) is 0 Å². The van der Waals surface area contributed by atoms with E-state index in [9.17, 15) is 14.2 Å². The average Bonchev–Trinajstić information content (AvgIpc) is 2.58. The molecule has 2 aromatic rings. The molecule has 0 amide bonds. The normalized spacial score (nSPS) is 11.3. The number of ketones is 1. The van der Waals surface area contributed by atoms with Crippen LogP contribution in [-0.2, 0) is 9.30 Å². The second-order valence-corrected chi connectivity index (χ2v) is 9.85. The van der Waals surface area contributed by atoms with Crippen molar-refractivity contribution < 1.29 is 23.6 Å². The van der Waals surface area contributed by atoms with Crippen molar-refractivity contribution in [2.75, 3.05) is 20.4 Å². The minimum Gasteiger partial charge on any atom is -0.491 e. The predicted octanol–water partition coefficient (Wildman–Crippen LogP) is 3.74. The van der Waals surface area contributed by atoms with Gasteiger partial charge in [0, 0.05) is 16.4 Å². The Bertz CT molecular complexity index is 862. The van der Waals surface area contributed by atoms with Crippen LogP contribution in [0.2, 0.25) is 0 Å². The van der Waals surface area contributed by atoms with Crippen molar-refractivity contribution in [2.45, 2.75) is 20.0 Å². The van der Waals surface area contributed by atoms with Gasteiger partial charge in [-0.2, -0.15) is 0 Å². The summed E-state index contributed by atoms with van der Waals surface area (Å²) in [4.78, 5) is 24.7. The van der Waals surface area contributed by atoms with Crippen molar-refractivity contribution in [2.24, 2.45) is 0 Å². The molecule has 0 bridgehead atoms. The van der Waals surface area contributed by atoms with Gasteiger partial charge in [0.25, 0.3) is 0 Å². The van der Waals surface area contributed by atoms with E-state index in [2.05, 4.69) is 0 Å². The van der Waals surface area contributed by atoms with Crippen LogP contribution >= 0.6 is 7.14 Å². The Morgan fingerprint density at radius 1 is 0.923 bits per heavy atom. The van der Waals surface area contributed by atoms with Crippen LogP contribution in [0.15, 0.2) is 42.5 Å². The molecule has 0 saturated heterocycles. The van der Waals surface area contributed by atoms with Crippen LogP contribution in [-0.4, -0.2) is 38.3 Å². The molecule has 0 aliphatic heterocycles. The van der Waals surface area contributed by atoms with Crippen LogP contribution in [0, 0.1) is 0 Å². The van der Waals surface area contributed by atoms with Gasteiger partial charge < -0.3 is 14.0 Å². The highest BCUT2D eigenvalue weighted by molar-refractivity contribution is 7.70.